The molecule has 0 radical (unpaired) electrons. The van der Waals surface area contributed by atoms with E-state index in [0.29, 0.717) is 30.4 Å². The number of allylic oxidation sites excluding steroid dienone is 4. The number of carbonyl (C=O) groups is 2. The molecule has 0 aromatic carbocycles. The lowest BCUT2D eigenvalue weighted by Gasteiger charge is -2.72. The molecule has 4 N–H and O–H groups in total. The second-order valence-electron chi connectivity index (χ2n) is 17.9. The lowest BCUT2D eigenvalue weighted by atomic mass is 9.33. The van der Waals surface area contributed by atoms with Crippen molar-refractivity contribution in [1.82, 2.24) is 0 Å². The summed E-state index contributed by atoms with van der Waals surface area (Å²) in [6.07, 6.45) is 6.82. The molecule has 4 fully saturated rings. The van der Waals surface area contributed by atoms with Crippen molar-refractivity contribution in [2.75, 3.05) is 13.2 Å². The van der Waals surface area contributed by atoms with E-state index >= 15 is 0 Å². The number of aliphatic hydroxyl groups excluding tert-OH is 4. The first-order valence-corrected chi connectivity index (χ1v) is 18.2. The summed E-state index contributed by atoms with van der Waals surface area (Å²) in [7, 11) is 0. The number of esters is 2. The Morgan fingerprint density at radius 1 is 0.780 bits per heavy atom. The van der Waals surface area contributed by atoms with Gasteiger partial charge in [0.15, 0.2) is 0 Å². The molecule has 286 valence electrons. The lowest BCUT2D eigenvalue weighted by molar-refractivity contribution is -0.260. The highest BCUT2D eigenvalue weighted by molar-refractivity contribution is 5.88. The van der Waals surface area contributed by atoms with Gasteiger partial charge in [-0.2, -0.15) is 0 Å². The Labute approximate surface area is 302 Å². The zero-order valence-electron chi connectivity index (χ0n) is 31.1. The molecule has 0 aromatic heterocycles. The fourth-order valence-corrected chi connectivity index (χ4v) is 11.8. The van der Waals surface area contributed by atoms with Crippen LogP contribution in [0.15, 0.2) is 34.9 Å². The fourth-order valence-electron chi connectivity index (χ4n) is 11.8. The Morgan fingerprint density at radius 3 is 1.90 bits per heavy atom. The van der Waals surface area contributed by atoms with E-state index in [4.69, 9.17) is 9.47 Å². The van der Waals surface area contributed by atoms with Crippen molar-refractivity contribution in [2.24, 2.45) is 50.2 Å². The molecule has 0 aromatic rings. The second kappa shape index (κ2) is 14.1. The van der Waals surface area contributed by atoms with Crippen LogP contribution >= 0.6 is 0 Å². The monoisotopic (exact) mass is 703 g/mol. The maximum absolute atomic E-state index is 12.9. The van der Waals surface area contributed by atoms with E-state index in [2.05, 4.69) is 33.8 Å². The van der Waals surface area contributed by atoms with E-state index in [9.17, 15) is 30.0 Å². The van der Waals surface area contributed by atoms with Crippen LogP contribution in [0.1, 0.15) is 129 Å². The van der Waals surface area contributed by atoms with Gasteiger partial charge in [0.2, 0.25) is 0 Å². The van der Waals surface area contributed by atoms with Gasteiger partial charge in [-0.3, -0.25) is 0 Å². The van der Waals surface area contributed by atoms with Gasteiger partial charge in [-0.15, -0.1) is 0 Å². The van der Waals surface area contributed by atoms with Crippen LogP contribution in [0.2, 0.25) is 0 Å². The molecule has 0 spiro atoms. The Bertz CT molecular complexity index is 1400. The standard InChI is InChI=1S/C40H62O8.2CH4/c1-11-23(3)33(45)47-21-37(8)27-15-18-38(9)28(36(27,7)17-16-29(37)41)14-13-25-26-19-35(5,6)31(43)32(44)40(26,30(42)20-39(25,38)10)22-48-34(46)24(4)12-2;;/h11-13,26-32,41-44H,14-22H2,1-10H3;2*1H4/b23-11+,24-12+;;/t26?,27?,28?,29-,30+,31-,32-,36-,37+,38+,39+,40-;;/m0../s1. The maximum atomic E-state index is 12.9. The number of rotatable bonds is 6. The van der Waals surface area contributed by atoms with E-state index in [0.717, 1.165) is 25.7 Å². The topological polar surface area (TPSA) is 134 Å². The molecule has 8 nitrogen and oxygen atoms in total. The van der Waals surface area contributed by atoms with Crippen LogP contribution in [0, 0.1) is 50.2 Å². The summed E-state index contributed by atoms with van der Waals surface area (Å²) in [5.41, 5.74) is -0.998. The highest BCUT2D eigenvalue weighted by atomic mass is 16.5. The van der Waals surface area contributed by atoms with Crippen LogP contribution in [0.3, 0.4) is 0 Å². The van der Waals surface area contributed by atoms with Gasteiger partial charge in [-0.1, -0.05) is 80.2 Å². The van der Waals surface area contributed by atoms with Crippen molar-refractivity contribution in [2.45, 2.75) is 153 Å². The molecule has 50 heavy (non-hydrogen) atoms. The first kappa shape index (κ1) is 42.4. The SMILES string of the molecule is C.C.C/C=C(\C)C(=O)OC[C@@]12C(CC(C)(C)[C@@H](O)[C@@H]1O)C1=CCC3[C@@]4(C)CC[C@H](O)[C@](C)(COC(=O)/C(C)=C/C)C4CC[C@@]3(C)[C@]1(C)C[C@H]2O. The third-order valence-electron chi connectivity index (χ3n) is 15.4. The Balaban J connectivity index is 0.00000338. The molecule has 0 amide bonds. The average Bonchev–Trinajstić information content (AvgIpc) is 3.03. The molecule has 5 rings (SSSR count). The minimum absolute atomic E-state index is 0. The molecule has 4 saturated carbocycles. The number of hydrogen-bond donors (Lipinski definition) is 4. The van der Waals surface area contributed by atoms with Crippen molar-refractivity contribution in [1.29, 1.82) is 0 Å². The predicted molar refractivity (Wildman–Crippen MR) is 198 cm³/mol. The zero-order chi connectivity index (χ0) is 35.8. The van der Waals surface area contributed by atoms with Gasteiger partial charge in [0.25, 0.3) is 0 Å². The van der Waals surface area contributed by atoms with Gasteiger partial charge in [-0.25, -0.2) is 9.59 Å². The summed E-state index contributed by atoms with van der Waals surface area (Å²) in [5, 5.41) is 47.2. The highest BCUT2D eigenvalue weighted by Gasteiger charge is 2.72. The van der Waals surface area contributed by atoms with Crippen molar-refractivity contribution >= 4 is 11.9 Å². The lowest BCUT2D eigenvalue weighted by Crippen LogP contribution is -2.72. The molecule has 3 unspecified atom stereocenters. The van der Waals surface area contributed by atoms with Gasteiger partial charge in [0, 0.05) is 16.6 Å². The van der Waals surface area contributed by atoms with Crippen molar-refractivity contribution in [3.05, 3.63) is 34.9 Å². The largest absolute Gasteiger partial charge is 0.462 e. The van der Waals surface area contributed by atoms with E-state index in [1.165, 1.54) is 5.57 Å². The molecule has 0 heterocycles. The maximum Gasteiger partial charge on any atom is 0.333 e. The number of aliphatic hydroxyl groups is 4. The van der Waals surface area contributed by atoms with E-state index in [1.807, 2.05) is 20.8 Å². The van der Waals surface area contributed by atoms with Crippen LogP contribution in [0.25, 0.3) is 0 Å². The Kier molecular flexibility index (Phi) is 12.0. The van der Waals surface area contributed by atoms with Crippen LogP contribution < -0.4 is 0 Å². The summed E-state index contributed by atoms with van der Waals surface area (Å²) in [6.45, 7) is 20.1. The molecular weight excluding hydrogens is 632 g/mol. The van der Waals surface area contributed by atoms with Gasteiger partial charge < -0.3 is 29.9 Å². The quantitative estimate of drug-likeness (QED) is 0.129. The van der Waals surface area contributed by atoms with Gasteiger partial charge >= 0.3 is 11.9 Å². The summed E-state index contributed by atoms with van der Waals surface area (Å²) in [5.74, 6) is -0.738. The number of fused-ring (bicyclic) bond motifs is 7. The minimum Gasteiger partial charge on any atom is -0.462 e. The molecule has 0 saturated heterocycles. The van der Waals surface area contributed by atoms with E-state index in [-0.39, 0.29) is 62.6 Å². The van der Waals surface area contributed by atoms with Gasteiger partial charge in [0.05, 0.1) is 36.4 Å². The first-order chi connectivity index (χ1) is 22.2. The number of ether oxygens (including phenoxy) is 2. The van der Waals surface area contributed by atoms with Crippen LogP contribution in [-0.2, 0) is 19.1 Å². The predicted octanol–water partition coefficient (Wildman–Crippen LogP) is 7.33. The van der Waals surface area contributed by atoms with Crippen molar-refractivity contribution in [3.8, 4) is 0 Å². The van der Waals surface area contributed by atoms with Crippen LogP contribution in [0.5, 0.6) is 0 Å². The smallest absolute Gasteiger partial charge is 0.333 e. The minimum atomic E-state index is -1.28. The first-order valence-electron chi connectivity index (χ1n) is 18.2. The molecule has 12 atom stereocenters. The fraction of sp³-hybridized carbons (Fsp3) is 0.810. The molecule has 8 heteroatoms. The summed E-state index contributed by atoms with van der Waals surface area (Å²) in [4.78, 5) is 25.6. The molecule has 5 aliphatic rings. The number of carbonyl (C=O) groups excluding carboxylic acids is 2. The highest BCUT2D eigenvalue weighted by Crippen LogP contribution is 2.75. The molecule has 5 aliphatic carbocycles. The van der Waals surface area contributed by atoms with Crippen molar-refractivity contribution < 1.29 is 39.5 Å². The summed E-state index contributed by atoms with van der Waals surface area (Å²) >= 11 is 0. The third-order valence-corrected chi connectivity index (χ3v) is 15.4. The van der Waals surface area contributed by atoms with Gasteiger partial charge in [-0.05, 0) is 112 Å². The van der Waals surface area contributed by atoms with Crippen molar-refractivity contribution in [3.63, 3.8) is 0 Å². The molecule has 0 aliphatic heterocycles. The molecular formula is C42H70O8. The third kappa shape index (κ3) is 5.87. The Hall–Kier alpha value is -2.00. The normalized spacial score (nSPS) is 45.2. The average molecular weight is 703 g/mol. The summed E-state index contributed by atoms with van der Waals surface area (Å²) in [6, 6.07) is 0. The second-order valence-corrected chi connectivity index (χ2v) is 17.9. The number of hydrogen-bond acceptors (Lipinski definition) is 8. The Morgan fingerprint density at radius 2 is 1.34 bits per heavy atom. The van der Waals surface area contributed by atoms with Crippen LogP contribution in [-0.4, -0.2) is 70.0 Å². The molecule has 0 bridgehead atoms. The van der Waals surface area contributed by atoms with Gasteiger partial charge in [0.1, 0.15) is 6.61 Å². The van der Waals surface area contributed by atoms with E-state index in [1.54, 1.807) is 32.9 Å². The van der Waals surface area contributed by atoms with Crippen LogP contribution in [0.4, 0.5) is 0 Å². The summed E-state index contributed by atoms with van der Waals surface area (Å²) < 4.78 is 11.7. The van der Waals surface area contributed by atoms with E-state index < -0.39 is 52.0 Å². The zero-order valence-corrected chi connectivity index (χ0v) is 31.1.